The second kappa shape index (κ2) is 6.55. The van der Waals surface area contributed by atoms with Crippen LogP contribution in [0.1, 0.15) is 36.7 Å². The summed E-state index contributed by atoms with van der Waals surface area (Å²) in [6, 6.07) is 4.50. The average molecular weight is 314 g/mol. The van der Waals surface area contributed by atoms with E-state index in [0.29, 0.717) is 18.5 Å². The lowest BCUT2D eigenvalue weighted by molar-refractivity contribution is 0.0228. The van der Waals surface area contributed by atoms with Gasteiger partial charge in [-0.05, 0) is 38.0 Å². The standard InChI is InChI=1S/C14H22N2O4S/c1-5-10-6-7-11(8-12(10)21(15,18)19)13(17)16-9-14(2,3)20-4/h6-8H,5,9H2,1-4H3,(H,16,17)(H2,15,18,19). The van der Waals surface area contributed by atoms with Crippen LogP contribution in [0.25, 0.3) is 0 Å². The molecule has 3 N–H and O–H groups in total. The van der Waals surface area contributed by atoms with E-state index in [1.165, 1.54) is 6.07 Å². The molecule has 0 heterocycles. The van der Waals surface area contributed by atoms with Crippen molar-refractivity contribution in [2.75, 3.05) is 13.7 Å². The molecular weight excluding hydrogens is 292 g/mol. The number of methoxy groups -OCH3 is 1. The van der Waals surface area contributed by atoms with Gasteiger partial charge in [-0.25, -0.2) is 13.6 Å². The number of sulfonamides is 1. The number of benzene rings is 1. The van der Waals surface area contributed by atoms with E-state index in [4.69, 9.17) is 9.88 Å². The Morgan fingerprint density at radius 3 is 2.48 bits per heavy atom. The molecule has 0 saturated heterocycles. The maximum absolute atomic E-state index is 12.1. The number of amides is 1. The van der Waals surface area contributed by atoms with Crippen LogP contribution < -0.4 is 10.5 Å². The van der Waals surface area contributed by atoms with Gasteiger partial charge >= 0.3 is 0 Å². The third kappa shape index (κ3) is 4.80. The first kappa shape index (κ1) is 17.6. The number of ether oxygens (including phenoxy) is 1. The number of nitrogens with one attached hydrogen (secondary N) is 1. The Bertz CT molecular complexity index is 624. The van der Waals surface area contributed by atoms with Crippen LogP contribution in [0.5, 0.6) is 0 Å². The van der Waals surface area contributed by atoms with Crippen molar-refractivity contribution in [3.8, 4) is 0 Å². The Balaban J connectivity index is 3.02. The normalized spacial score (nSPS) is 12.2. The van der Waals surface area contributed by atoms with E-state index in [9.17, 15) is 13.2 Å². The summed E-state index contributed by atoms with van der Waals surface area (Å²) in [6.45, 7) is 5.81. The van der Waals surface area contributed by atoms with Crippen molar-refractivity contribution < 1.29 is 17.9 Å². The molecule has 0 aliphatic rings. The van der Waals surface area contributed by atoms with Crippen LogP contribution in [0.15, 0.2) is 23.1 Å². The summed E-state index contributed by atoms with van der Waals surface area (Å²) in [5, 5.41) is 7.89. The van der Waals surface area contributed by atoms with E-state index in [1.54, 1.807) is 19.2 Å². The number of hydrogen-bond acceptors (Lipinski definition) is 4. The molecule has 0 aromatic heterocycles. The Hall–Kier alpha value is -1.44. The second-order valence-electron chi connectivity index (χ2n) is 5.37. The predicted molar refractivity (Wildman–Crippen MR) is 80.6 cm³/mol. The van der Waals surface area contributed by atoms with Gasteiger partial charge in [0.15, 0.2) is 0 Å². The number of rotatable bonds is 6. The van der Waals surface area contributed by atoms with Gasteiger partial charge in [-0.15, -0.1) is 0 Å². The number of carbonyl (C=O) groups is 1. The zero-order valence-corrected chi connectivity index (χ0v) is 13.6. The maximum Gasteiger partial charge on any atom is 0.251 e. The number of primary sulfonamides is 1. The highest BCUT2D eigenvalue weighted by Gasteiger charge is 2.20. The van der Waals surface area contributed by atoms with Gasteiger partial charge in [0.05, 0.1) is 10.5 Å². The second-order valence-corrected chi connectivity index (χ2v) is 6.90. The summed E-state index contributed by atoms with van der Waals surface area (Å²) in [7, 11) is -2.30. The van der Waals surface area contributed by atoms with E-state index in [-0.39, 0.29) is 16.4 Å². The van der Waals surface area contributed by atoms with Crippen molar-refractivity contribution in [3.63, 3.8) is 0 Å². The molecule has 1 aromatic rings. The van der Waals surface area contributed by atoms with Crippen molar-refractivity contribution in [2.45, 2.75) is 37.7 Å². The van der Waals surface area contributed by atoms with Crippen LogP contribution in [0, 0.1) is 0 Å². The summed E-state index contributed by atoms with van der Waals surface area (Å²) in [5.41, 5.74) is 0.344. The number of aryl methyl sites for hydroxylation is 1. The van der Waals surface area contributed by atoms with Crippen LogP contribution >= 0.6 is 0 Å². The molecule has 21 heavy (non-hydrogen) atoms. The van der Waals surface area contributed by atoms with Gasteiger partial charge in [-0.3, -0.25) is 4.79 Å². The van der Waals surface area contributed by atoms with Crippen LogP contribution in [0.4, 0.5) is 0 Å². The van der Waals surface area contributed by atoms with Crippen molar-refractivity contribution in [1.82, 2.24) is 5.32 Å². The molecule has 0 radical (unpaired) electrons. The van der Waals surface area contributed by atoms with Gasteiger partial charge in [-0.2, -0.15) is 0 Å². The van der Waals surface area contributed by atoms with Gasteiger partial charge in [-0.1, -0.05) is 13.0 Å². The highest BCUT2D eigenvalue weighted by molar-refractivity contribution is 7.89. The van der Waals surface area contributed by atoms with Crippen LogP contribution in [-0.4, -0.2) is 33.6 Å². The first-order chi connectivity index (χ1) is 9.60. The van der Waals surface area contributed by atoms with Gasteiger partial charge in [0.25, 0.3) is 5.91 Å². The van der Waals surface area contributed by atoms with Crippen LogP contribution in [0.2, 0.25) is 0 Å². The molecule has 0 aliphatic carbocycles. The minimum absolute atomic E-state index is 0.0105. The summed E-state index contributed by atoms with van der Waals surface area (Å²) < 4.78 is 28.4. The molecule has 0 bridgehead atoms. The Kier molecular flexibility index (Phi) is 5.49. The molecule has 1 rings (SSSR count). The lowest BCUT2D eigenvalue weighted by Crippen LogP contribution is -2.39. The van der Waals surface area contributed by atoms with E-state index < -0.39 is 15.6 Å². The number of hydrogen-bond donors (Lipinski definition) is 2. The monoisotopic (exact) mass is 314 g/mol. The highest BCUT2D eigenvalue weighted by Crippen LogP contribution is 2.17. The van der Waals surface area contributed by atoms with E-state index in [2.05, 4.69) is 5.32 Å². The molecule has 0 aliphatic heterocycles. The molecule has 6 nitrogen and oxygen atoms in total. The number of carbonyl (C=O) groups excluding carboxylic acids is 1. The first-order valence-corrected chi connectivity index (χ1v) is 8.14. The molecule has 0 atom stereocenters. The quantitative estimate of drug-likeness (QED) is 0.820. The maximum atomic E-state index is 12.1. The Morgan fingerprint density at radius 1 is 1.38 bits per heavy atom. The molecule has 1 aromatic carbocycles. The fourth-order valence-corrected chi connectivity index (χ4v) is 2.59. The highest BCUT2D eigenvalue weighted by atomic mass is 32.2. The zero-order chi connectivity index (χ0) is 16.3. The van der Waals surface area contributed by atoms with Gasteiger partial charge < -0.3 is 10.1 Å². The summed E-state index contributed by atoms with van der Waals surface area (Å²) in [5.74, 6) is -0.368. The molecule has 0 saturated carbocycles. The molecule has 7 heteroatoms. The van der Waals surface area contributed by atoms with Crippen molar-refractivity contribution in [2.24, 2.45) is 5.14 Å². The number of nitrogens with two attached hydrogens (primary N) is 1. The van der Waals surface area contributed by atoms with Gasteiger partial charge in [0.1, 0.15) is 0 Å². The third-order valence-corrected chi connectivity index (χ3v) is 4.24. The summed E-state index contributed by atoms with van der Waals surface area (Å²) >= 11 is 0. The van der Waals surface area contributed by atoms with Crippen molar-refractivity contribution >= 4 is 15.9 Å². The van der Waals surface area contributed by atoms with Crippen LogP contribution in [0.3, 0.4) is 0 Å². The first-order valence-electron chi connectivity index (χ1n) is 6.60. The van der Waals surface area contributed by atoms with Gasteiger partial charge in [0.2, 0.25) is 10.0 Å². The zero-order valence-electron chi connectivity index (χ0n) is 12.8. The largest absolute Gasteiger partial charge is 0.377 e. The van der Waals surface area contributed by atoms with E-state index >= 15 is 0 Å². The van der Waals surface area contributed by atoms with E-state index in [0.717, 1.165) is 0 Å². The van der Waals surface area contributed by atoms with Crippen molar-refractivity contribution in [1.29, 1.82) is 0 Å². The van der Waals surface area contributed by atoms with Crippen molar-refractivity contribution in [3.05, 3.63) is 29.3 Å². The topological polar surface area (TPSA) is 98.5 Å². The molecule has 1 amide bonds. The minimum atomic E-state index is -3.85. The fourth-order valence-electron chi connectivity index (χ4n) is 1.72. The lowest BCUT2D eigenvalue weighted by atomic mass is 10.1. The predicted octanol–water partition coefficient (Wildman–Crippen LogP) is 1.05. The smallest absolute Gasteiger partial charge is 0.251 e. The van der Waals surface area contributed by atoms with Gasteiger partial charge in [0, 0.05) is 19.2 Å². The molecule has 118 valence electrons. The average Bonchev–Trinajstić information content (AvgIpc) is 2.43. The third-order valence-electron chi connectivity index (χ3n) is 3.24. The molecule has 0 fully saturated rings. The van der Waals surface area contributed by atoms with E-state index in [1.807, 2.05) is 20.8 Å². The molecule has 0 spiro atoms. The van der Waals surface area contributed by atoms with Crippen LogP contribution in [-0.2, 0) is 21.2 Å². The summed E-state index contributed by atoms with van der Waals surface area (Å²) in [6.07, 6.45) is 0.518. The molecule has 0 unspecified atom stereocenters. The summed E-state index contributed by atoms with van der Waals surface area (Å²) in [4.78, 5) is 12.1. The molecular formula is C14H22N2O4S. The lowest BCUT2D eigenvalue weighted by Gasteiger charge is -2.23. The fraction of sp³-hybridized carbons (Fsp3) is 0.500. The Morgan fingerprint density at radius 2 is 2.00 bits per heavy atom. The Labute approximate surface area is 125 Å². The SMILES string of the molecule is CCc1ccc(C(=O)NCC(C)(C)OC)cc1S(N)(=O)=O. The minimum Gasteiger partial charge on any atom is -0.377 e.